The minimum atomic E-state index is -0.404. The van der Waals surface area contributed by atoms with Crippen LogP contribution in [0.4, 0.5) is 10.1 Å². The van der Waals surface area contributed by atoms with E-state index in [1.807, 2.05) is 31.2 Å². The van der Waals surface area contributed by atoms with Crippen LogP contribution in [0.1, 0.15) is 18.5 Å². The van der Waals surface area contributed by atoms with Gasteiger partial charge in [-0.1, -0.05) is 23.7 Å². The fourth-order valence-electron chi connectivity index (χ4n) is 1.83. The van der Waals surface area contributed by atoms with E-state index in [0.717, 1.165) is 17.0 Å². The summed E-state index contributed by atoms with van der Waals surface area (Å²) in [6.07, 6.45) is 0. The number of nitrogens with one attached hydrogen (secondary N) is 1. The first-order valence-corrected chi connectivity index (χ1v) is 6.33. The molecule has 0 radical (unpaired) electrons. The van der Waals surface area contributed by atoms with Crippen LogP contribution in [-0.2, 0) is 0 Å². The van der Waals surface area contributed by atoms with Gasteiger partial charge in [0.2, 0.25) is 0 Å². The van der Waals surface area contributed by atoms with E-state index < -0.39 is 5.82 Å². The summed E-state index contributed by atoms with van der Waals surface area (Å²) in [5, 5.41) is 3.45. The zero-order valence-electron chi connectivity index (χ0n) is 10.8. The van der Waals surface area contributed by atoms with Crippen molar-refractivity contribution in [2.75, 3.05) is 12.4 Å². The van der Waals surface area contributed by atoms with E-state index in [-0.39, 0.29) is 11.1 Å². The predicted octanol–water partition coefficient (Wildman–Crippen LogP) is 4.66. The van der Waals surface area contributed by atoms with E-state index >= 15 is 0 Å². The van der Waals surface area contributed by atoms with Gasteiger partial charge in [-0.25, -0.2) is 4.39 Å². The lowest BCUT2D eigenvalue weighted by Gasteiger charge is -2.16. The molecule has 2 aromatic rings. The molecule has 0 aliphatic heterocycles. The van der Waals surface area contributed by atoms with Gasteiger partial charge >= 0.3 is 0 Å². The van der Waals surface area contributed by atoms with Crippen molar-refractivity contribution in [3.8, 4) is 5.75 Å². The van der Waals surface area contributed by atoms with Gasteiger partial charge in [0.25, 0.3) is 0 Å². The van der Waals surface area contributed by atoms with Gasteiger partial charge in [0.1, 0.15) is 11.6 Å². The highest BCUT2D eigenvalue weighted by Gasteiger charge is 2.08. The first-order valence-electron chi connectivity index (χ1n) is 5.95. The molecule has 1 atom stereocenters. The monoisotopic (exact) mass is 279 g/mol. The number of ether oxygens (including phenoxy) is 1. The van der Waals surface area contributed by atoms with Crippen molar-refractivity contribution in [1.82, 2.24) is 0 Å². The average Bonchev–Trinajstić information content (AvgIpc) is 2.42. The fourth-order valence-corrected chi connectivity index (χ4v) is 2.02. The molecule has 0 amide bonds. The van der Waals surface area contributed by atoms with Gasteiger partial charge in [-0.3, -0.25) is 0 Å². The maximum absolute atomic E-state index is 13.1. The van der Waals surface area contributed by atoms with Crippen molar-refractivity contribution in [2.24, 2.45) is 0 Å². The summed E-state index contributed by atoms with van der Waals surface area (Å²) in [7, 11) is 1.63. The van der Waals surface area contributed by atoms with Crippen molar-refractivity contribution < 1.29 is 9.13 Å². The second kappa shape index (κ2) is 5.93. The molecule has 19 heavy (non-hydrogen) atoms. The Morgan fingerprint density at radius 2 is 2.00 bits per heavy atom. The molecule has 0 bridgehead atoms. The number of methoxy groups -OCH3 is 1. The number of hydrogen-bond donors (Lipinski definition) is 1. The van der Waals surface area contributed by atoms with Crippen molar-refractivity contribution in [1.29, 1.82) is 0 Å². The number of benzene rings is 2. The van der Waals surface area contributed by atoms with Gasteiger partial charge in [-0.05, 0) is 36.8 Å². The maximum Gasteiger partial charge on any atom is 0.141 e. The minimum Gasteiger partial charge on any atom is -0.497 e. The third kappa shape index (κ3) is 3.38. The SMILES string of the molecule is COc1cccc(NC(C)c2ccc(F)c(Cl)c2)c1. The fraction of sp³-hybridized carbons (Fsp3) is 0.200. The first-order chi connectivity index (χ1) is 9.10. The minimum absolute atomic E-state index is 0.0187. The molecule has 1 N–H and O–H groups in total. The lowest BCUT2D eigenvalue weighted by atomic mass is 10.1. The van der Waals surface area contributed by atoms with E-state index in [4.69, 9.17) is 16.3 Å². The Labute approximate surface area is 117 Å². The molecular weight excluding hydrogens is 265 g/mol. The normalized spacial score (nSPS) is 12.0. The Morgan fingerprint density at radius 3 is 2.68 bits per heavy atom. The van der Waals surface area contributed by atoms with Crippen molar-refractivity contribution in [3.05, 3.63) is 58.9 Å². The van der Waals surface area contributed by atoms with E-state index in [1.54, 1.807) is 19.2 Å². The summed E-state index contributed by atoms with van der Waals surface area (Å²) in [5.41, 5.74) is 1.86. The van der Waals surface area contributed by atoms with Crippen LogP contribution in [0.5, 0.6) is 5.75 Å². The van der Waals surface area contributed by atoms with Crippen LogP contribution in [-0.4, -0.2) is 7.11 Å². The highest BCUT2D eigenvalue weighted by atomic mass is 35.5. The van der Waals surface area contributed by atoms with Gasteiger partial charge in [0, 0.05) is 17.8 Å². The number of anilines is 1. The van der Waals surface area contributed by atoms with Gasteiger partial charge in [0.15, 0.2) is 0 Å². The molecule has 1 unspecified atom stereocenters. The van der Waals surface area contributed by atoms with Crippen LogP contribution in [0.25, 0.3) is 0 Å². The summed E-state index contributed by atoms with van der Waals surface area (Å²) in [4.78, 5) is 0. The summed E-state index contributed by atoms with van der Waals surface area (Å²) in [6, 6.07) is 12.4. The van der Waals surface area contributed by atoms with Crippen LogP contribution >= 0.6 is 11.6 Å². The largest absolute Gasteiger partial charge is 0.497 e. The Bertz CT molecular complexity index is 574. The molecule has 2 rings (SSSR count). The molecule has 0 saturated carbocycles. The molecule has 0 heterocycles. The van der Waals surface area contributed by atoms with E-state index in [9.17, 15) is 4.39 Å². The maximum atomic E-state index is 13.1. The van der Waals surface area contributed by atoms with Gasteiger partial charge in [-0.15, -0.1) is 0 Å². The molecule has 2 nitrogen and oxygen atoms in total. The molecule has 0 fully saturated rings. The standard InChI is InChI=1S/C15H15ClFNO/c1-10(11-6-7-15(17)14(16)8-11)18-12-4-3-5-13(9-12)19-2/h3-10,18H,1-2H3. The van der Waals surface area contributed by atoms with E-state index in [2.05, 4.69) is 5.32 Å². The summed E-state index contributed by atoms with van der Waals surface area (Å²) < 4.78 is 18.3. The van der Waals surface area contributed by atoms with Crippen molar-refractivity contribution >= 4 is 17.3 Å². The smallest absolute Gasteiger partial charge is 0.141 e. The predicted molar refractivity (Wildman–Crippen MR) is 76.4 cm³/mol. The molecule has 4 heteroatoms. The average molecular weight is 280 g/mol. The van der Waals surface area contributed by atoms with Crippen molar-refractivity contribution in [2.45, 2.75) is 13.0 Å². The Hall–Kier alpha value is -1.74. The van der Waals surface area contributed by atoms with Crippen LogP contribution in [0.3, 0.4) is 0 Å². The van der Waals surface area contributed by atoms with Crippen LogP contribution in [0.15, 0.2) is 42.5 Å². The van der Waals surface area contributed by atoms with Gasteiger partial charge in [-0.2, -0.15) is 0 Å². The molecule has 0 aliphatic rings. The summed E-state index contributed by atoms with van der Waals surface area (Å²) in [5.74, 6) is 0.383. The highest BCUT2D eigenvalue weighted by Crippen LogP contribution is 2.25. The van der Waals surface area contributed by atoms with E-state index in [1.165, 1.54) is 6.07 Å². The zero-order chi connectivity index (χ0) is 13.8. The second-order valence-corrected chi connectivity index (χ2v) is 4.68. The molecule has 100 valence electrons. The number of halogens is 2. The van der Waals surface area contributed by atoms with Crippen LogP contribution in [0.2, 0.25) is 5.02 Å². The highest BCUT2D eigenvalue weighted by molar-refractivity contribution is 6.30. The quantitative estimate of drug-likeness (QED) is 0.879. The third-order valence-corrected chi connectivity index (χ3v) is 3.19. The Balaban J connectivity index is 2.15. The molecule has 0 aliphatic carbocycles. The molecule has 0 spiro atoms. The lowest BCUT2D eigenvalue weighted by Crippen LogP contribution is -2.06. The molecule has 0 aromatic heterocycles. The first kappa shape index (κ1) is 13.7. The molecule has 0 saturated heterocycles. The zero-order valence-corrected chi connectivity index (χ0v) is 11.5. The van der Waals surface area contributed by atoms with Crippen LogP contribution in [0, 0.1) is 5.82 Å². The number of rotatable bonds is 4. The lowest BCUT2D eigenvalue weighted by molar-refractivity contribution is 0.415. The van der Waals surface area contributed by atoms with Gasteiger partial charge in [0.05, 0.1) is 12.1 Å². The second-order valence-electron chi connectivity index (χ2n) is 4.27. The topological polar surface area (TPSA) is 21.3 Å². The van der Waals surface area contributed by atoms with Crippen molar-refractivity contribution in [3.63, 3.8) is 0 Å². The van der Waals surface area contributed by atoms with Gasteiger partial charge < -0.3 is 10.1 Å². The Kier molecular flexibility index (Phi) is 4.27. The Morgan fingerprint density at radius 1 is 1.21 bits per heavy atom. The summed E-state index contributed by atoms with van der Waals surface area (Å²) >= 11 is 5.79. The molecular formula is C15H15ClFNO. The van der Waals surface area contributed by atoms with E-state index in [0.29, 0.717) is 0 Å². The van der Waals surface area contributed by atoms with Crippen LogP contribution < -0.4 is 10.1 Å². The third-order valence-electron chi connectivity index (χ3n) is 2.90. The summed E-state index contributed by atoms with van der Waals surface area (Å²) in [6.45, 7) is 1.99. The molecule has 2 aromatic carbocycles. The number of hydrogen-bond acceptors (Lipinski definition) is 2.